The van der Waals surface area contributed by atoms with Crippen LogP contribution < -0.4 is 4.90 Å². The zero-order chi connectivity index (χ0) is 11.5. The molecule has 1 aliphatic rings. The molecule has 0 atom stereocenters. The van der Waals surface area contributed by atoms with E-state index in [-0.39, 0.29) is 18.1 Å². The molecule has 0 bridgehead atoms. The maximum absolute atomic E-state index is 11.5. The van der Waals surface area contributed by atoms with E-state index in [1.165, 1.54) is 17.0 Å². The van der Waals surface area contributed by atoms with E-state index in [1.807, 2.05) is 0 Å². The van der Waals surface area contributed by atoms with Crippen molar-refractivity contribution in [3.05, 3.63) is 29.8 Å². The number of carboxylic acids is 1. The second kappa shape index (κ2) is 4.32. The normalized spacial score (nSPS) is 16.2. The molecule has 1 N–H and O–H groups in total. The number of hydrogen-bond acceptors (Lipinski definition) is 3. The van der Waals surface area contributed by atoms with Crippen molar-refractivity contribution < 1.29 is 19.4 Å². The number of rotatable bonds is 2. The number of carboxylic acid groups (broad SMARTS) is 1. The Balaban J connectivity index is 2.28. The number of carbonyl (C=O) groups is 2. The van der Waals surface area contributed by atoms with Crippen molar-refractivity contribution in [2.24, 2.45) is 0 Å². The summed E-state index contributed by atoms with van der Waals surface area (Å²) in [6.07, 6.45) is 0. The fourth-order valence-corrected chi connectivity index (χ4v) is 1.60. The highest BCUT2D eigenvalue weighted by Crippen LogP contribution is 2.18. The summed E-state index contributed by atoms with van der Waals surface area (Å²) in [4.78, 5) is 23.9. The van der Waals surface area contributed by atoms with Gasteiger partial charge in [0.1, 0.15) is 6.61 Å². The van der Waals surface area contributed by atoms with Gasteiger partial charge >= 0.3 is 5.97 Å². The van der Waals surface area contributed by atoms with Crippen LogP contribution in [0.15, 0.2) is 24.3 Å². The van der Waals surface area contributed by atoms with Gasteiger partial charge in [-0.2, -0.15) is 0 Å². The predicted octanol–water partition coefficient (Wildman–Crippen LogP) is 0.748. The lowest BCUT2D eigenvalue weighted by Gasteiger charge is -2.26. The third-order valence-electron chi connectivity index (χ3n) is 2.39. The largest absolute Gasteiger partial charge is 0.478 e. The van der Waals surface area contributed by atoms with Gasteiger partial charge in [0, 0.05) is 12.2 Å². The molecule has 5 nitrogen and oxygen atoms in total. The van der Waals surface area contributed by atoms with Gasteiger partial charge in [0.25, 0.3) is 5.91 Å². The SMILES string of the molecule is O=C(O)c1cccc(N2CCOCC2=O)c1. The molecule has 0 aromatic heterocycles. The van der Waals surface area contributed by atoms with Crippen molar-refractivity contribution in [3.63, 3.8) is 0 Å². The molecule has 2 rings (SSSR count). The zero-order valence-corrected chi connectivity index (χ0v) is 8.55. The molecule has 1 saturated heterocycles. The third-order valence-corrected chi connectivity index (χ3v) is 2.39. The molecule has 0 spiro atoms. The van der Waals surface area contributed by atoms with Crippen LogP contribution in [0.4, 0.5) is 5.69 Å². The molecule has 16 heavy (non-hydrogen) atoms. The molecule has 1 aromatic carbocycles. The van der Waals surface area contributed by atoms with Gasteiger partial charge in [0.05, 0.1) is 12.2 Å². The second-order valence-electron chi connectivity index (χ2n) is 3.45. The Labute approximate surface area is 92.2 Å². The molecule has 1 aliphatic heterocycles. The maximum atomic E-state index is 11.5. The minimum absolute atomic E-state index is 0.0529. The monoisotopic (exact) mass is 221 g/mol. The number of aromatic carboxylic acids is 1. The Morgan fingerprint density at radius 2 is 2.25 bits per heavy atom. The summed E-state index contributed by atoms with van der Waals surface area (Å²) < 4.78 is 5.00. The van der Waals surface area contributed by atoms with Crippen molar-refractivity contribution >= 4 is 17.6 Å². The molecular weight excluding hydrogens is 210 g/mol. The number of morpholine rings is 1. The quantitative estimate of drug-likeness (QED) is 0.800. The Kier molecular flexibility index (Phi) is 2.87. The van der Waals surface area contributed by atoms with Gasteiger partial charge in [0.2, 0.25) is 0 Å². The lowest BCUT2D eigenvalue weighted by Crippen LogP contribution is -2.41. The molecule has 1 heterocycles. The molecule has 0 saturated carbocycles. The summed E-state index contributed by atoms with van der Waals surface area (Å²) in [5.41, 5.74) is 0.782. The van der Waals surface area contributed by atoms with Crippen molar-refractivity contribution in [1.82, 2.24) is 0 Å². The highest BCUT2D eigenvalue weighted by atomic mass is 16.5. The average molecular weight is 221 g/mol. The van der Waals surface area contributed by atoms with Crippen LogP contribution in [0.2, 0.25) is 0 Å². The third kappa shape index (κ3) is 2.04. The minimum atomic E-state index is -0.998. The van der Waals surface area contributed by atoms with Gasteiger partial charge in [-0.25, -0.2) is 4.79 Å². The number of nitrogens with zero attached hydrogens (tertiary/aromatic N) is 1. The first-order valence-corrected chi connectivity index (χ1v) is 4.90. The van der Waals surface area contributed by atoms with Gasteiger partial charge in [-0.15, -0.1) is 0 Å². The van der Waals surface area contributed by atoms with E-state index in [4.69, 9.17) is 9.84 Å². The standard InChI is InChI=1S/C11H11NO4/c13-10-7-16-5-4-12(10)9-3-1-2-8(6-9)11(14)15/h1-3,6H,4-5,7H2,(H,14,15). The summed E-state index contributed by atoms with van der Waals surface area (Å²) >= 11 is 0. The van der Waals surface area contributed by atoms with E-state index in [2.05, 4.69) is 0 Å². The van der Waals surface area contributed by atoms with E-state index in [0.29, 0.717) is 18.8 Å². The van der Waals surface area contributed by atoms with Crippen LogP contribution in [0.25, 0.3) is 0 Å². The molecule has 84 valence electrons. The average Bonchev–Trinajstić information content (AvgIpc) is 2.30. The topological polar surface area (TPSA) is 66.8 Å². The van der Waals surface area contributed by atoms with Crippen LogP contribution in [0.3, 0.4) is 0 Å². The molecule has 0 aliphatic carbocycles. The first-order chi connectivity index (χ1) is 7.68. The molecule has 0 unspecified atom stereocenters. The molecule has 1 fully saturated rings. The lowest BCUT2D eigenvalue weighted by molar-refractivity contribution is -0.125. The fraction of sp³-hybridized carbons (Fsp3) is 0.273. The summed E-state index contributed by atoms with van der Waals surface area (Å²) in [6, 6.07) is 6.33. The van der Waals surface area contributed by atoms with Crippen LogP contribution in [0, 0.1) is 0 Å². The Morgan fingerprint density at radius 1 is 1.44 bits per heavy atom. The predicted molar refractivity (Wildman–Crippen MR) is 56.6 cm³/mol. The number of hydrogen-bond donors (Lipinski definition) is 1. The molecule has 1 amide bonds. The van der Waals surface area contributed by atoms with E-state index >= 15 is 0 Å². The first kappa shape index (κ1) is 10.6. The summed E-state index contributed by atoms with van der Waals surface area (Å²) in [7, 11) is 0. The number of ether oxygens (including phenoxy) is 1. The Morgan fingerprint density at radius 3 is 2.94 bits per heavy atom. The lowest BCUT2D eigenvalue weighted by atomic mass is 10.2. The van der Waals surface area contributed by atoms with Gasteiger partial charge in [-0.05, 0) is 18.2 Å². The number of carbonyl (C=O) groups excluding carboxylic acids is 1. The molecule has 5 heteroatoms. The van der Waals surface area contributed by atoms with Crippen LogP contribution in [-0.2, 0) is 9.53 Å². The number of benzene rings is 1. The van der Waals surface area contributed by atoms with Crippen LogP contribution >= 0.6 is 0 Å². The van der Waals surface area contributed by atoms with Gasteiger partial charge in [-0.1, -0.05) is 6.07 Å². The summed E-state index contributed by atoms with van der Waals surface area (Å²) in [6.45, 7) is 0.988. The van der Waals surface area contributed by atoms with Gasteiger partial charge in [0.15, 0.2) is 0 Å². The summed E-state index contributed by atoms with van der Waals surface area (Å²) in [5, 5.41) is 8.85. The van der Waals surface area contributed by atoms with Crippen LogP contribution in [-0.4, -0.2) is 36.7 Å². The van der Waals surface area contributed by atoms with Gasteiger partial charge in [-0.3, -0.25) is 4.79 Å². The Hall–Kier alpha value is -1.88. The second-order valence-corrected chi connectivity index (χ2v) is 3.45. The summed E-state index contributed by atoms with van der Waals surface area (Å²) in [5.74, 6) is -1.14. The highest BCUT2D eigenvalue weighted by Gasteiger charge is 2.20. The smallest absolute Gasteiger partial charge is 0.335 e. The van der Waals surface area contributed by atoms with E-state index in [0.717, 1.165) is 0 Å². The van der Waals surface area contributed by atoms with E-state index < -0.39 is 5.97 Å². The fourth-order valence-electron chi connectivity index (χ4n) is 1.60. The number of anilines is 1. The van der Waals surface area contributed by atoms with E-state index in [1.54, 1.807) is 12.1 Å². The molecule has 0 radical (unpaired) electrons. The minimum Gasteiger partial charge on any atom is -0.478 e. The molecular formula is C11H11NO4. The van der Waals surface area contributed by atoms with E-state index in [9.17, 15) is 9.59 Å². The first-order valence-electron chi connectivity index (χ1n) is 4.90. The van der Waals surface area contributed by atoms with Crippen molar-refractivity contribution in [3.8, 4) is 0 Å². The highest BCUT2D eigenvalue weighted by molar-refractivity contribution is 5.96. The van der Waals surface area contributed by atoms with Crippen molar-refractivity contribution in [1.29, 1.82) is 0 Å². The van der Waals surface area contributed by atoms with Crippen LogP contribution in [0.5, 0.6) is 0 Å². The Bertz CT molecular complexity index is 430. The van der Waals surface area contributed by atoms with Gasteiger partial charge < -0.3 is 14.7 Å². The number of amides is 1. The molecule has 1 aromatic rings. The van der Waals surface area contributed by atoms with Crippen LogP contribution in [0.1, 0.15) is 10.4 Å². The maximum Gasteiger partial charge on any atom is 0.335 e. The van der Waals surface area contributed by atoms with Crippen molar-refractivity contribution in [2.75, 3.05) is 24.7 Å². The zero-order valence-electron chi connectivity index (χ0n) is 8.55. The van der Waals surface area contributed by atoms with Crippen molar-refractivity contribution in [2.45, 2.75) is 0 Å².